The maximum Gasteiger partial charge on any atom is 0.305 e. The lowest BCUT2D eigenvalue weighted by Crippen LogP contribution is -2.45. The molecule has 0 aliphatic rings. The van der Waals surface area contributed by atoms with Gasteiger partial charge >= 0.3 is 5.97 Å². The Labute approximate surface area is 525 Å². The lowest BCUT2D eigenvalue weighted by molar-refractivity contribution is -0.143. The first-order valence-corrected chi connectivity index (χ1v) is 38.2. The average molecular weight is 1180 g/mol. The predicted octanol–water partition coefficient (Wildman–Crippen LogP) is 25.0. The van der Waals surface area contributed by atoms with Gasteiger partial charge < -0.3 is 20.3 Å². The van der Waals surface area contributed by atoms with E-state index < -0.39 is 12.1 Å². The van der Waals surface area contributed by atoms with Crippen molar-refractivity contribution in [2.24, 2.45) is 0 Å². The molecule has 0 bridgehead atoms. The van der Waals surface area contributed by atoms with Gasteiger partial charge in [0.2, 0.25) is 5.91 Å². The molecule has 6 nitrogen and oxygen atoms in total. The molecule has 3 N–H and O–H groups in total. The molecule has 0 saturated carbocycles. The van der Waals surface area contributed by atoms with Crippen molar-refractivity contribution in [2.75, 3.05) is 13.2 Å². The van der Waals surface area contributed by atoms with Gasteiger partial charge in [-0.15, -0.1) is 0 Å². The molecule has 84 heavy (non-hydrogen) atoms. The van der Waals surface area contributed by atoms with Crippen LogP contribution in [0.4, 0.5) is 0 Å². The van der Waals surface area contributed by atoms with E-state index >= 15 is 0 Å². The highest BCUT2D eigenvalue weighted by molar-refractivity contribution is 5.76. The summed E-state index contributed by atoms with van der Waals surface area (Å²) in [7, 11) is 0. The number of carbonyl (C=O) groups excluding carboxylic acids is 2. The second-order valence-electron chi connectivity index (χ2n) is 26.3. The maximum atomic E-state index is 12.5. The van der Waals surface area contributed by atoms with Crippen molar-refractivity contribution in [1.29, 1.82) is 0 Å². The number of aliphatic hydroxyl groups excluding tert-OH is 2. The number of amides is 1. The van der Waals surface area contributed by atoms with E-state index in [1.807, 2.05) is 0 Å². The number of allylic oxidation sites excluding steroid dienone is 6. The number of nitrogens with one attached hydrogen (secondary N) is 1. The largest absolute Gasteiger partial charge is 0.466 e. The first-order valence-electron chi connectivity index (χ1n) is 38.2. The zero-order valence-corrected chi connectivity index (χ0v) is 56.9. The average Bonchev–Trinajstić information content (AvgIpc) is 3.51. The molecule has 6 heteroatoms. The van der Waals surface area contributed by atoms with E-state index in [9.17, 15) is 19.8 Å². The van der Waals surface area contributed by atoms with Crippen molar-refractivity contribution >= 4 is 11.9 Å². The molecular formula is C78H149NO5. The molecular weight excluding hydrogens is 1030 g/mol. The summed E-state index contributed by atoms with van der Waals surface area (Å²) in [6.07, 6.45) is 95.2. The van der Waals surface area contributed by atoms with Crippen molar-refractivity contribution < 1.29 is 24.5 Å². The van der Waals surface area contributed by atoms with Gasteiger partial charge in [0.1, 0.15) is 0 Å². The SMILES string of the molecule is CCCCCCCCC/C=C\CCCCCCCCCC(=O)OCCCCCCCCCCCCCCC/C=C\C/C=C\CCCCCCCCCCCCCCCCCCCC(=O)NC(CO)C(O)CCCCCCCCCCCCCC. The van der Waals surface area contributed by atoms with Crippen LogP contribution in [0, 0.1) is 0 Å². The zero-order valence-electron chi connectivity index (χ0n) is 56.9. The summed E-state index contributed by atoms with van der Waals surface area (Å²) in [5.41, 5.74) is 0. The third kappa shape index (κ3) is 69.2. The second-order valence-corrected chi connectivity index (χ2v) is 26.3. The highest BCUT2D eigenvalue weighted by Gasteiger charge is 2.20. The van der Waals surface area contributed by atoms with E-state index in [-0.39, 0.29) is 18.5 Å². The summed E-state index contributed by atoms with van der Waals surface area (Å²) >= 11 is 0. The fraction of sp³-hybridized carbons (Fsp3) is 0.897. The molecule has 1 amide bonds. The van der Waals surface area contributed by atoms with Gasteiger partial charge in [0, 0.05) is 12.8 Å². The number of hydrogen-bond acceptors (Lipinski definition) is 5. The van der Waals surface area contributed by atoms with Crippen LogP contribution in [0.2, 0.25) is 0 Å². The molecule has 496 valence electrons. The van der Waals surface area contributed by atoms with Gasteiger partial charge in [0.15, 0.2) is 0 Å². The number of aliphatic hydroxyl groups is 2. The fourth-order valence-corrected chi connectivity index (χ4v) is 12.1. The topological polar surface area (TPSA) is 95.9 Å². The van der Waals surface area contributed by atoms with Gasteiger partial charge in [0.05, 0.1) is 25.4 Å². The van der Waals surface area contributed by atoms with Crippen LogP contribution in [0.25, 0.3) is 0 Å². The molecule has 0 rings (SSSR count). The Bertz CT molecular complexity index is 1360. The van der Waals surface area contributed by atoms with Crippen molar-refractivity contribution in [2.45, 2.75) is 437 Å². The molecule has 0 aliphatic carbocycles. The van der Waals surface area contributed by atoms with Gasteiger partial charge in [-0.2, -0.15) is 0 Å². The summed E-state index contributed by atoms with van der Waals surface area (Å²) < 4.78 is 5.51. The van der Waals surface area contributed by atoms with E-state index in [0.29, 0.717) is 25.9 Å². The van der Waals surface area contributed by atoms with Crippen molar-refractivity contribution in [3.8, 4) is 0 Å². The quantitative estimate of drug-likeness (QED) is 0.0320. The number of rotatable bonds is 72. The lowest BCUT2D eigenvalue weighted by Gasteiger charge is -2.22. The van der Waals surface area contributed by atoms with Crippen LogP contribution in [0.15, 0.2) is 36.5 Å². The third-order valence-electron chi connectivity index (χ3n) is 17.9. The second kappa shape index (κ2) is 73.5. The minimum atomic E-state index is -0.661. The Balaban J connectivity index is 3.34. The van der Waals surface area contributed by atoms with Crippen LogP contribution in [0.5, 0.6) is 0 Å². The summed E-state index contributed by atoms with van der Waals surface area (Å²) in [6, 6.07) is -0.538. The monoisotopic (exact) mass is 1180 g/mol. The third-order valence-corrected chi connectivity index (χ3v) is 17.9. The van der Waals surface area contributed by atoms with E-state index in [2.05, 4.69) is 55.6 Å². The van der Waals surface area contributed by atoms with Crippen LogP contribution in [0.1, 0.15) is 425 Å². The molecule has 2 atom stereocenters. The molecule has 2 unspecified atom stereocenters. The molecule has 0 aromatic rings. The van der Waals surface area contributed by atoms with E-state index in [4.69, 9.17) is 4.74 Å². The highest BCUT2D eigenvalue weighted by atomic mass is 16.5. The summed E-state index contributed by atoms with van der Waals surface area (Å²) in [4.78, 5) is 24.6. The minimum absolute atomic E-state index is 0.0164. The van der Waals surface area contributed by atoms with Crippen molar-refractivity contribution in [3.63, 3.8) is 0 Å². The van der Waals surface area contributed by atoms with Gasteiger partial charge in [-0.3, -0.25) is 9.59 Å². The molecule has 0 aromatic carbocycles. The number of esters is 1. The van der Waals surface area contributed by atoms with E-state index in [0.717, 1.165) is 51.4 Å². The standard InChI is InChI=1S/C78H149NO5/c1-3-5-7-9-11-13-15-17-18-19-42-45-48-52-56-60-64-68-72-78(83)84-73-69-65-61-57-53-49-46-43-40-38-36-34-32-30-28-26-24-22-20-21-23-25-27-29-31-33-35-37-39-41-44-47-51-55-59-63-67-71-77(82)79-75(74-80)76(81)70-66-62-58-54-50-16-14-12-10-8-6-4-2/h18-20,22,26,28,75-76,80-81H,3-17,21,23-25,27,29-74H2,1-2H3,(H,79,82)/b19-18-,22-20-,28-26-. The fourth-order valence-electron chi connectivity index (χ4n) is 12.1. The molecule has 0 aliphatic heterocycles. The minimum Gasteiger partial charge on any atom is -0.466 e. The lowest BCUT2D eigenvalue weighted by atomic mass is 10.0. The Morgan fingerprint density at radius 2 is 0.595 bits per heavy atom. The highest BCUT2D eigenvalue weighted by Crippen LogP contribution is 2.19. The number of carbonyl (C=O) groups is 2. The van der Waals surface area contributed by atoms with Gasteiger partial charge in [-0.1, -0.05) is 365 Å². The van der Waals surface area contributed by atoms with Crippen LogP contribution in [-0.2, 0) is 14.3 Å². The number of unbranched alkanes of at least 4 members (excludes halogenated alkanes) is 55. The normalized spacial score (nSPS) is 12.7. The molecule has 0 heterocycles. The van der Waals surface area contributed by atoms with Crippen LogP contribution in [0.3, 0.4) is 0 Å². The van der Waals surface area contributed by atoms with Crippen LogP contribution in [-0.4, -0.2) is 47.4 Å². The predicted molar refractivity (Wildman–Crippen MR) is 370 cm³/mol. The van der Waals surface area contributed by atoms with Crippen molar-refractivity contribution in [3.05, 3.63) is 36.5 Å². The van der Waals surface area contributed by atoms with Crippen molar-refractivity contribution in [1.82, 2.24) is 5.32 Å². The van der Waals surface area contributed by atoms with Gasteiger partial charge in [-0.25, -0.2) is 0 Å². The van der Waals surface area contributed by atoms with E-state index in [1.165, 1.54) is 340 Å². The number of hydrogen-bond donors (Lipinski definition) is 3. The molecule has 0 saturated heterocycles. The Kier molecular flexibility index (Phi) is 71.9. The van der Waals surface area contributed by atoms with E-state index in [1.54, 1.807) is 0 Å². The Hall–Kier alpha value is -1.92. The first kappa shape index (κ1) is 82.1. The maximum absolute atomic E-state index is 12.5. The zero-order chi connectivity index (χ0) is 60.6. The van der Waals surface area contributed by atoms with Crippen LogP contribution < -0.4 is 5.32 Å². The first-order chi connectivity index (χ1) is 41.5. The van der Waals surface area contributed by atoms with Gasteiger partial charge in [0.25, 0.3) is 0 Å². The summed E-state index contributed by atoms with van der Waals surface area (Å²) in [6.45, 7) is 4.98. The Morgan fingerprint density at radius 1 is 0.333 bits per heavy atom. The van der Waals surface area contributed by atoms with Crippen LogP contribution >= 0.6 is 0 Å². The summed E-state index contributed by atoms with van der Waals surface area (Å²) in [5, 5.41) is 23.3. The molecule has 0 spiro atoms. The molecule has 0 radical (unpaired) electrons. The molecule has 0 aromatic heterocycles. The number of ether oxygens (including phenoxy) is 1. The van der Waals surface area contributed by atoms with Gasteiger partial charge in [-0.05, 0) is 83.5 Å². The Morgan fingerprint density at radius 3 is 0.917 bits per heavy atom. The smallest absolute Gasteiger partial charge is 0.305 e. The molecule has 0 fully saturated rings. The summed E-state index contributed by atoms with van der Waals surface area (Å²) in [5.74, 6) is -0.0143.